The first-order chi connectivity index (χ1) is 8.66. The molecular formula is C14H24N4. The van der Waals surface area contributed by atoms with E-state index in [1.165, 1.54) is 37.9 Å². The second-order valence-electron chi connectivity index (χ2n) is 5.17. The molecule has 0 saturated carbocycles. The van der Waals surface area contributed by atoms with Gasteiger partial charge < -0.3 is 10.2 Å². The third-order valence-electron chi connectivity index (χ3n) is 3.79. The Labute approximate surface area is 110 Å². The van der Waals surface area contributed by atoms with Gasteiger partial charge in [0.1, 0.15) is 0 Å². The van der Waals surface area contributed by atoms with Crippen LogP contribution in [0.5, 0.6) is 0 Å². The summed E-state index contributed by atoms with van der Waals surface area (Å²) >= 11 is 0. The van der Waals surface area contributed by atoms with Gasteiger partial charge in [-0.25, -0.2) is 9.97 Å². The molecule has 100 valence electrons. The Morgan fingerprint density at radius 3 is 2.22 bits per heavy atom. The molecule has 0 aromatic carbocycles. The fraction of sp³-hybridized carbons (Fsp3) is 0.714. The third kappa shape index (κ3) is 3.42. The Balaban J connectivity index is 1.82. The van der Waals surface area contributed by atoms with Crippen molar-refractivity contribution in [3.63, 3.8) is 0 Å². The van der Waals surface area contributed by atoms with E-state index in [9.17, 15) is 0 Å². The Hall–Kier alpha value is -1.16. The Morgan fingerprint density at radius 2 is 1.61 bits per heavy atom. The van der Waals surface area contributed by atoms with Crippen LogP contribution in [0.25, 0.3) is 0 Å². The van der Waals surface area contributed by atoms with E-state index in [4.69, 9.17) is 0 Å². The first-order valence-electron chi connectivity index (χ1n) is 6.95. The molecule has 4 nitrogen and oxygen atoms in total. The van der Waals surface area contributed by atoms with Gasteiger partial charge in [-0.3, -0.25) is 0 Å². The quantitative estimate of drug-likeness (QED) is 0.887. The van der Waals surface area contributed by atoms with Crippen LogP contribution in [-0.2, 0) is 0 Å². The van der Waals surface area contributed by atoms with Crippen LogP contribution in [0.3, 0.4) is 0 Å². The summed E-state index contributed by atoms with van der Waals surface area (Å²) in [5.74, 6) is 0.771. The summed E-state index contributed by atoms with van der Waals surface area (Å²) in [5, 5.41) is 3.34. The summed E-state index contributed by atoms with van der Waals surface area (Å²) in [4.78, 5) is 11.5. The maximum atomic E-state index is 4.48. The number of nitrogens with zero attached hydrogens (tertiary/aromatic N) is 3. The molecule has 18 heavy (non-hydrogen) atoms. The van der Waals surface area contributed by atoms with Crippen LogP contribution in [0.15, 0.2) is 0 Å². The van der Waals surface area contributed by atoms with Crippen molar-refractivity contribution >= 4 is 5.95 Å². The van der Waals surface area contributed by atoms with Crippen molar-refractivity contribution < 1.29 is 0 Å². The lowest BCUT2D eigenvalue weighted by Gasteiger charge is -2.26. The summed E-state index contributed by atoms with van der Waals surface area (Å²) in [5.41, 5.74) is 3.34. The van der Waals surface area contributed by atoms with E-state index < -0.39 is 0 Å². The van der Waals surface area contributed by atoms with Gasteiger partial charge in [-0.2, -0.15) is 0 Å². The highest BCUT2D eigenvalue weighted by Crippen LogP contribution is 2.11. The van der Waals surface area contributed by atoms with Crippen molar-refractivity contribution in [2.24, 2.45) is 0 Å². The van der Waals surface area contributed by atoms with Gasteiger partial charge in [0.05, 0.1) is 0 Å². The van der Waals surface area contributed by atoms with E-state index in [1.54, 1.807) is 0 Å². The molecule has 0 aliphatic carbocycles. The van der Waals surface area contributed by atoms with Crippen molar-refractivity contribution in [3.05, 3.63) is 17.0 Å². The molecule has 0 amide bonds. The first-order valence-corrected chi connectivity index (χ1v) is 6.95. The van der Waals surface area contributed by atoms with Gasteiger partial charge in [0.25, 0.3) is 0 Å². The smallest absolute Gasteiger partial charge is 0.223 e. The number of piperidine rings is 1. The largest absolute Gasteiger partial charge is 0.353 e. The minimum absolute atomic E-state index is 0.771. The molecule has 2 rings (SSSR count). The summed E-state index contributed by atoms with van der Waals surface area (Å²) in [6.07, 6.45) is 4.09. The van der Waals surface area contributed by atoms with Crippen molar-refractivity contribution in [3.8, 4) is 0 Å². The van der Waals surface area contributed by atoms with E-state index in [1.807, 2.05) is 13.8 Å². The van der Waals surface area contributed by atoms with Gasteiger partial charge >= 0.3 is 0 Å². The zero-order valence-electron chi connectivity index (χ0n) is 11.8. The van der Waals surface area contributed by atoms with Gasteiger partial charge in [-0.05, 0) is 52.3 Å². The zero-order chi connectivity index (χ0) is 13.0. The molecule has 2 heterocycles. The number of likely N-dealkylation sites (tertiary alicyclic amines) is 1. The van der Waals surface area contributed by atoms with Crippen molar-refractivity contribution in [1.29, 1.82) is 0 Å². The number of hydrogen-bond donors (Lipinski definition) is 1. The molecule has 0 radical (unpaired) electrons. The molecule has 1 aromatic heterocycles. The fourth-order valence-electron chi connectivity index (χ4n) is 2.36. The molecule has 1 aromatic rings. The molecule has 0 spiro atoms. The Morgan fingerprint density at radius 1 is 1.00 bits per heavy atom. The predicted molar refractivity (Wildman–Crippen MR) is 75.0 cm³/mol. The zero-order valence-corrected chi connectivity index (χ0v) is 11.8. The summed E-state index contributed by atoms with van der Waals surface area (Å²) in [6.45, 7) is 10.7. The predicted octanol–water partition coefficient (Wildman–Crippen LogP) is 2.30. The Bertz CT molecular complexity index is 374. The highest BCUT2D eigenvalue weighted by atomic mass is 15.2. The minimum Gasteiger partial charge on any atom is -0.353 e. The minimum atomic E-state index is 0.771. The monoisotopic (exact) mass is 248 g/mol. The molecule has 0 atom stereocenters. The molecule has 0 unspecified atom stereocenters. The van der Waals surface area contributed by atoms with Crippen LogP contribution in [-0.4, -0.2) is 41.0 Å². The molecule has 4 heteroatoms. The lowest BCUT2D eigenvalue weighted by atomic mass is 10.1. The van der Waals surface area contributed by atoms with E-state index in [0.29, 0.717) is 0 Å². The van der Waals surface area contributed by atoms with Crippen molar-refractivity contribution in [2.45, 2.75) is 40.0 Å². The van der Waals surface area contributed by atoms with Gasteiger partial charge in [-0.15, -0.1) is 0 Å². The molecule has 1 fully saturated rings. The molecule has 1 aliphatic rings. The lowest BCUT2D eigenvalue weighted by molar-refractivity contribution is 0.237. The number of aromatic nitrogens is 2. The van der Waals surface area contributed by atoms with Gasteiger partial charge in [0, 0.05) is 24.5 Å². The van der Waals surface area contributed by atoms with E-state index in [0.717, 1.165) is 30.4 Å². The van der Waals surface area contributed by atoms with E-state index >= 15 is 0 Å². The normalized spacial score (nSPS) is 16.8. The van der Waals surface area contributed by atoms with Crippen molar-refractivity contribution in [1.82, 2.24) is 14.9 Å². The van der Waals surface area contributed by atoms with Crippen LogP contribution in [0.1, 0.15) is 36.2 Å². The maximum absolute atomic E-state index is 4.48. The van der Waals surface area contributed by atoms with Crippen LogP contribution < -0.4 is 5.32 Å². The van der Waals surface area contributed by atoms with E-state index in [2.05, 4.69) is 27.1 Å². The number of nitrogens with one attached hydrogen (secondary N) is 1. The van der Waals surface area contributed by atoms with E-state index in [-0.39, 0.29) is 0 Å². The standard InChI is InChI=1S/C14H24N4/c1-11-12(2)16-14(17-13(11)3)15-7-10-18-8-5-4-6-9-18/h4-10H2,1-3H3,(H,15,16,17). The average molecular weight is 248 g/mol. The SMILES string of the molecule is Cc1nc(NCCN2CCCCC2)nc(C)c1C. The third-order valence-corrected chi connectivity index (χ3v) is 3.79. The number of aryl methyl sites for hydroxylation is 2. The highest BCUT2D eigenvalue weighted by molar-refractivity contribution is 5.32. The second kappa shape index (κ2) is 6.14. The van der Waals surface area contributed by atoms with Crippen LogP contribution in [0, 0.1) is 20.8 Å². The maximum Gasteiger partial charge on any atom is 0.223 e. The molecule has 1 aliphatic heterocycles. The van der Waals surface area contributed by atoms with Gasteiger partial charge in [0.2, 0.25) is 5.95 Å². The van der Waals surface area contributed by atoms with Crippen LogP contribution in [0.2, 0.25) is 0 Å². The second-order valence-corrected chi connectivity index (χ2v) is 5.17. The lowest BCUT2D eigenvalue weighted by Crippen LogP contribution is -2.33. The number of rotatable bonds is 4. The number of anilines is 1. The Kier molecular flexibility index (Phi) is 4.53. The van der Waals surface area contributed by atoms with Crippen molar-refractivity contribution in [2.75, 3.05) is 31.5 Å². The fourth-order valence-corrected chi connectivity index (χ4v) is 2.36. The summed E-state index contributed by atoms with van der Waals surface area (Å²) in [7, 11) is 0. The summed E-state index contributed by atoms with van der Waals surface area (Å²) in [6, 6.07) is 0. The molecule has 1 N–H and O–H groups in total. The van der Waals surface area contributed by atoms with Gasteiger partial charge in [0.15, 0.2) is 0 Å². The topological polar surface area (TPSA) is 41.1 Å². The highest BCUT2D eigenvalue weighted by Gasteiger charge is 2.09. The molecule has 1 saturated heterocycles. The van der Waals surface area contributed by atoms with Crippen LogP contribution >= 0.6 is 0 Å². The molecular weight excluding hydrogens is 224 g/mol. The molecule has 0 bridgehead atoms. The summed E-state index contributed by atoms with van der Waals surface area (Å²) < 4.78 is 0. The van der Waals surface area contributed by atoms with Crippen LogP contribution in [0.4, 0.5) is 5.95 Å². The average Bonchev–Trinajstić information content (AvgIpc) is 2.37. The number of hydrogen-bond acceptors (Lipinski definition) is 4. The first kappa shape index (κ1) is 13.3. The van der Waals surface area contributed by atoms with Gasteiger partial charge in [-0.1, -0.05) is 6.42 Å².